The predicted molar refractivity (Wildman–Crippen MR) is 108 cm³/mol. The second-order valence-electron chi connectivity index (χ2n) is 5.92. The van der Waals surface area contributed by atoms with E-state index in [2.05, 4.69) is 5.32 Å². The van der Waals surface area contributed by atoms with E-state index in [-0.39, 0.29) is 18.9 Å². The summed E-state index contributed by atoms with van der Waals surface area (Å²) in [5, 5.41) is 14.2. The molecule has 0 fully saturated rings. The number of anilines is 1. The molecule has 8 nitrogen and oxygen atoms in total. The van der Waals surface area contributed by atoms with Gasteiger partial charge in [-0.1, -0.05) is 18.2 Å². The van der Waals surface area contributed by atoms with Gasteiger partial charge in [-0.3, -0.25) is 14.7 Å². The molecule has 1 unspecified atom stereocenters. The third-order valence-electron chi connectivity index (χ3n) is 4.08. The third kappa shape index (κ3) is 4.90. The average Bonchev–Trinajstić information content (AvgIpc) is 2.67. The monoisotopic (exact) mass is 408 g/mol. The first-order chi connectivity index (χ1) is 13.4. The summed E-state index contributed by atoms with van der Waals surface area (Å²) in [6.07, 6.45) is 0. The van der Waals surface area contributed by atoms with Crippen molar-refractivity contribution in [2.24, 2.45) is 0 Å². The SMILES string of the molecule is CCOP(=O)(OCC)C(Nc1ccc([N+](=O)[O-])cc1C)c1ccccc1OC. The Kier molecular flexibility index (Phi) is 7.57. The van der Waals surface area contributed by atoms with Crippen LogP contribution in [0.1, 0.15) is 30.8 Å². The zero-order valence-electron chi connectivity index (χ0n) is 16.4. The van der Waals surface area contributed by atoms with Gasteiger partial charge in [0, 0.05) is 23.4 Å². The molecule has 0 aliphatic heterocycles. The van der Waals surface area contributed by atoms with E-state index in [4.69, 9.17) is 13.8 Å². The lowest BCUT2D eigenvalue weighted by atomic mass is 10.1. The van der Waals surface area contributed by atoms with Crippen LogP contribution in [0.25, 0.3) is 0 Å². The molecule has 0 bridgehead atoms. The molecular weight excluding hydrogens is 383 g/mol. The maximum Gasteiger partial charge on any atom is 0.357 e. The van der Waals surface area contributed by atoms with Crippen molar-refractivity contribution in [1.29, 1.82) is 0 Å². The zero-order valence-corrected chi connectivity index (χ0v) is 17.3. The predicted octanol–water partition coefficient (Wildman–Crippen LogP) is 5.29. The van der Waals surface area contributed by atoms with Crippen molar-refractivity contribution < 1.29 is 23.3 Å². The van der Waals surface area contributed by atoms with Crippen LogP contribution in [0.2, 0.25) is 0 Å². The molecule has 0 heterocycles. The molecule has 0 aliphatic carbocycles. The maximum atomic E-state index is 13.6. The lowest BCUT2D eigenvalue weighted by Crippen LogP contribution is -2.16. The topological polar surface area (TPSA) is 99.9 Å². The molecule has 0 saturated heterocycles. The van der Waals surface area contributed by atoms with Crippen molar-refractivity contribution in [3.8, 4) is 5.75 Å². The minimum absolute atomic E-state index is 0.0188. The van der Waals surface area contributed by atoms with Gasteiger partial charge in [-0.25, -0.2) is 0 Å². The Bertz CT molecular complexity index is 863. The molecule has 28 heavy (non-hydrogen) atoms. The number of ether oxygens (including phenoxy) is 1. The fourth-order valence-corrected chi connectivity index (χ4v) is 4.78. The number of para-hydroxylation sites is 1. The number of methoxy groups -OCH3 is 1. The standard InChI is InChI=1S/C19H25N2O6P/c1-5-26-28(24,27-6-2)19(16-9-7-8-10-18(16)25-4)20-17-12-11-15(21(22)23)13-14(17)3/h7-13,19-20H,5-6H2,1-4H3. The van der Waals surface area contributed by atoms with Gasteiger partial charge in [-0.05, 0) is 38.5 Å². The van der Waals surface area contributed by atoms with Crippen molar-refractivity contribution in [3.05, 3.63) is 63.7 Å². The first kappa shape index (κ1) is 21.9. The van der Waals surface area contributed by atoms with E-state index in [1.54, 1.807) is 45.0 Å². The lowest BCUT2D eigenvalue weighted by Gasteiger charge is -2.29. The number of non-ortho nitro benzene ring substituents is 1. The van der Waals surface area contributed by atoms with Gasteiger partial charge in [0.05, 0.1) is 25.2 Å². The average molecular weight is 408 g/mol. The zero-order chi connectivity index (χ0) is 20.7. The van der Waals surface area contributed by atoms with E-state index >= 15 is 0 Å². The smallest absolute Gasteiger partial charge is 0.357 e. The van der Waals surface area contributed by atoms with Crippen molar-refractivity contribution >= 4 is 19.0 Å². The van der Waals surface area contributed by atoms with E-state index < -0.39 is 18.3 Å². The van der Waals surface area contributed by atoms with E-state index in [1.807, 2.05) is 6.07 Å². The van der Waals surface area contributed by atoms with Gasteiger partial charge in [0.2, 0.25) is 0 Å². The summed E-state index contributed by atoms with van der Waals surface area (Å²) < 4.78 is 30.2. The highest BCUT2D eigenvalue weighted by molar-refractivity contribution is 7.54. The fraction of sp³-hybridized carbons (Fsp3) is 0.368. The third-order valence-corrected chi connectivity index (χ3v) is 6.36. The molecule has 0 amide bonds. The second-order valence-corrected chi connectivity index (χ2v) is 8.03. The van der Waals surface area contributed by atoms with Crippen molar-refractivity contribution in [1.82, 2.24) is 0 Å². The summed E-state index contributed by atoms with van der Waals surface area (Å²) in [5.74, 6) is -0.331. The Morgan fingerprint density at radius 3 is 2.32 bits per heavy atom. The van der Waals surface area contributed by atoms with Crippen LogP contribution in [0.3, 0.4) is 0 Å². The number of hydrogen-bond donors (Lipinski definition) is 1. The van der Waals surface area contributed by atoms with E-state index in [0.29, 0.717) is 22.6 Å². The molecule has 1 atom stereocenters. The van der Waals surface area contributed by atoms with Gasteiger partial charge in [-0.15, -0.1) is 0 Å². The molecule has 0 aliphatic rings. The quantitative estimate of drug-likeness (QED) is 0.324. The summed E-state index contributed by atoms with van der Waals surface area (Å²) in [7, 11) is -2.11. The number of benzene rings is 2. The first-order valence-corrected chi connectivity index (χ1v) is 10.5. The molecule has 0 aromatic heterocycles. The molecule has 9 heteroatoms. The van der Waals surface area contributed by atoms with Gasteiger partial charge < -0.3 is 19.1 Å². The summed E-state index contributed by atoms with van der Waals surface area (Å²) in [5.41, 5.74) is 1.80. The lowest BCUT2D eigenvalue weighted by molar-refractivity contribution is -0.384. The van der Waals surface area contributed by atoms with E-state index in [1.165, 1.54) is 19.2 Å². The second kappa shape index (κ2) is 9.68. The summed E-state index contributed by atoms with van der Waals surface area (Å²) in [6, 6.07) is 11.6. The summed E-state index contributed by atoms with van der Waals surface area (Å²) in [4.78, 5) is 10.5. The summed E-state index contributed by atoms with van der Waals surface area (Å²) >= 11 is 0. The number of nitrogens with one attached hydrogen (secondary N) is 1. The highest BCUT2D eigenvalue weighted by Gasteiger charge is 2.39. The van der Waals surface area contributed by atoms with Crippen molar-refractivity contribution in [3.63, 3.8) is 0 Å². The Morgan fingerprint density at radius 2 is 1.79 bits per heavy atom. The van der Waals surface area contributed by atoms with Crippen LogP contribution in [0, 0.1) is 17.0 Å². The molecule has 1 N–H and O–H groups in total. The number of rotatable bonds is 10. The van der Waals surface area contributed by atoms with E-state index in [9.17, 15) is 14.7 Å². The highest BCUT2D eigenvalue weighted by Crippen LogP contribution is 2.62. The number of nitrogens with zero attached hydrogens (tertiary/aromatic N) is 1. The van der Waals surface area contributed by atoms with Crippen LogP contribution in [-0.4, -0.2) is 25.2 Å². The molecule has 2 aromatic carbocycles. The van der Waals surface area contributed by atoms with Gasteiger partial charge in [0.1, 0.15) is 5.75 Å². The minimum Gasteiger partial charge on any atom is -0.496 e. The van der Waals surface area contributed by atoms with Crippen LogP contribution in [0.15, 0.2) is 42.5 Å². The largest absolute Gasteiger partial charge is 0.496 e. The van der Waals surface area contributed by atoms with Crippen molar-refractivity contribution in [2.45, 2.75) is 26.6 Å². The van der Waals surface area contributed by atoms with Crippen LogP contribution in [0.5, 0.6) is 5.75 Å². The molecule has 0 radical (unpaired) electrons. The highest BCUT2D eigenvalue weighted by atomic mass is 31.2. The molecule has 2 rings (SSSR count). The Hall–Kier alpha value is -2.41. The van der Waals surface area contributed by atoms with Crippen LogP contribution in [-0.2, 0) is 13.6 Å². The minimum atomic E-state index is -3.63. The number of nitro benzene ring substituents is 1. The van der Waals surface area contributed by atoms with Crippen LogP contribution < -0.4 is 10.1 Å². The molecule has 2 aromatic rings. The molecule has 152 valence electrons. The molecule has 0 spiro atoms. The molecular formula is C19H25N2O6P. The Labute approximate surface area is 164 Å². The number of nitro groups is 1. The number of aryl methyl sites for hydroxylation is 1. The van der Waals surface area contributed by atoms with Crippen LogP contribution in [0.4, 0.5) is 11.4 Å². The molecule has 0 saturated carbocycles. The van der Waals surface area contributed by atoms with Gasteiger partial charge >= 0.3 is 7.60 Å². The first-order valence-electron chi connectivity index (χ1n) is 8.89. The van der Waals surface area contributed by atoms with Crippen LogP contribution >= 0.6 is 7.60 Å². The van der Waals surface area contributed by atoms with Gasteiger partial charge in [0.25, 0.3) is 5.69 Å². The van der Waals surface area contributed by atoms with E-state index in [0.717, 1.165) is 0 Å². The normalized spacial score (nSPS) is 12.4. The summed E-state index contributed by atoms with van der Waals surface area (Å²) in [6.45, 7) is 5.61. The van der Waals surface area contributed by atoms with Gasteiger partial charge in [0.15, 0.2) is 5.78 Å². The Balaban J connectivity index is 2.55. The number of hydrogen-bond acceptors (Lipinski definition) is 7. The maximum absolute atomic E-state index is 13.6. The fourth-order valence-electron chi connectivity index (χ4n) is 2.84. The van der Waals surface area contributed by atoms with Crippen molar-refractivity contribution in [2.75, 3.05) is 25.6 Å². The Morgan fingerprint density at radius 1 is 1.14 bits per heavy atom. The van der Waals surface area contributed by atoms with Gasteiger partial charge in [-0.2, -0.15) is 0 Å².